The Morgan fingerprint density at radius 2 is 1.77 bits per heavy atom. The van der Waals surface area contributed by atoms with Crippen LogP contribution < -0.4 is 5.32 Å². The fourth-order valence-corrected chi connectivity index (χ4v) is 3.25. The van der Waals surface area contributed by atoms with Gasteiger partial charge in [-0.25, -0.2) is 0 Å². The lowest BCUT2D eigenvalue weighted by Gasteiger charge is -2.10. The molecule has 1 N–H and O–H groups in total. The summed E-state index contributed by atoms with van der Waals surface area (Å²) in [6.07, 6.45) is 5.82. The summed E-state index contributed by atoms with van der Waals surface area (Å²) < 4.78 is 1.99. The van der Waals surface area contributed by atoms with Crippen molar-refractivity contribution >= 4 is 17.7 Å². The number of rotatable bonds is 7. The molecule has 2 aromatic carbocycles. The zero-order valence-corrected chi connectivity index (χ0v) is 14.9. The Balaban J connectivity index is 1.85. The van der Waals surface area contributed by atoms with Gasteiger partial charge < -0.3 is 5.32 Å². The smallest absolute Gasteiger partial charge is 0.231 e. The van der Waals surface area contributed by atoms with E-state index < -0.39 is 0 Å². The first-order valence-electron chi connectivity index (χ1n) is 8.14. The number of carbonyl (C=O) groups excluding carboxylic acids is 1. The third-order valence-corrected chi connectivity index (χ3v) is 4.57. The summed E-state index contributed by atoms with van der Waals surface area (Å²) in [6, 6.07) is 20.0. The van der Waals surface area contributed by atoms with Crippen LogP contribution in [-0.2, 0) is 11.2 Å². The third kappa shape index (κ3) is 4.52. The fourth-order valence-electron chi connectivity index (χ4n) is 2.45. The molecular formula is C20H18N4OS. The summed E-state index contributed by atoms with van der Waals surface area (Å²) in [5.74, 6) is 3.33. The Morgan fingerprint density at radius 3 is 2.46 bits per heavy atom. The van der Waals surface area contributed by atoms with Gasteiger partial charge in [-0.2, -0.15) is 0 Å². The topological polar surface area (TPSA) is 59.8 Å². The molecule has 1 aromatic heterocycles. The van der Waals surface area contributed by atoms with Gasteiger partial charge in [0.15, 0.2) is 5.16 Å². The number of nitrogens with zero attached hydrogens (tertiary/aromatic N) is 3. The lowest BCUT2D eigenvalue weighted by Crippen LogP contribution is -2.25. The predicted octanol–water partition coefficient (Wildman–Crippen LogP) is 2.70. The van der Waals surface area contributed by atoms with Crippen molar-refractivity contribution in [3.05, 3.63) is 72.1 Å². The minimum atomic E-state index is -0.125. The Bertz CT molecular complexity index is 901. The zero-order valence-electron chi connectivity index (χ0n) is 14.1. The average Bonchev–Trinajstić information content (AvgIpc) is 3.08. The van der Waals surface area contributed by atoms with Crippen molar-refractivity contribution in [1.82, 2.24) is 20.1 Å². The van der Waals surface area contributed by atoms with Crippen LogP contribution in [0.1, 0.15) is 11.4 Å². The first kappa shape index (κ1) is 17.8. The number of thioether (sulfide) groups is 1. The minimum absolute atomic E-state index is 0.125. The van der Waals surface area contributed by atoms with Gasteiger partial charge >= 0.3 is 0 Å². The summed E-state index contributed by atoms with van der Waals surface area (Å²) in [5.41, 5.74) is 2.12. The van der Waals surface area contributed by atoms with Gasteiger partial charge in [-0.3, -0.25) is 9.36 Å². The lowest BCUT2D eigenvalue weighted by molar-refractivity contribution is -0.118. The maximum atomic E-state index is 11.8. The quantitative estimate of drug-likeness (QED) is 0.519. The van der Waals surface area contributed by atoms with E-state index >= 15 is 0 Å². The summed E-state index contributed by atoms with van der Waals surface area (Å²) >= 11 is 1.34. The van der Waals surface area contributed by atoms with Crippen LogP contribution in [0, 0.1) is 12.3 Å². The highest BCUT2D eigenvalue weighted by Crippen LogP contribution is 2.23. The number of aromatic nitrogens is 3. The van der Waals surface area contributed by atoms with Gasteiger partial charge in [-0.15, -0.1) is 16.6 Å². The van der Waals surface area contributed by atoms with Crippen molar-refractivity contribution in [2.24, 2.45) is 0 Å². The molecule has 0 atom stereocenters. The van der Waals surface area contributed by atoms with Gasteiger partial charge in [-0.1, -0.05) is 66.2 Å². The van der Waals surface area contributed by atoms with Crippen molar-refractivity contribution in [3.8, 4) is 18.0 Å². The SMILES string of the molecule is C#CCNC(=O)CSc1nnc(Cc2ccccc2)n1-c1ccccc1. The summed E-state index contributed by atoms with van der Waals surface area (Å²) in [4.78, 5) is 11.8. The van der Waals surface area contributed by atoms with Gasteiger partial charge in [0.2, 0.25) is 5.91 Å². The average molecular weight is 362 g/mol. The van der Waals surface area contributed by atoms with E-state index in [1.165, 1.54) is 11.8 Å². The fraction of sp³-hybridized carbons (Fsp3) is 0.150. The van der Waals surface area contributed by atoms with Crippen LogP contribution in [0.3, 0.4) is 0 Å². The molecule has 0 spiro atoms. The van der Waals surface area contributed by atoms with E-state index in [4.69, 9.17) is 6.42 Å². The highest BCUT2D eigenvalue weighted by atomic mass is 32.2. The summed E-state index contributed by atoms with van der Waals surface area (Å²) in [6.45, 7) is 0.226. The predicted molar refractivity (Wildman–Crippen MR) is 103 cm³/mol. The first-order valence-corrected chi connectivity index (χ1v) is 9.13. The number of benzene rings is 2. The van der Waals surface area contributed by atoms with E-state index in [0.29, 0.717) is 11.6 Å². The van der Waals surface area contributed by atoms with Gasteiger partial charge in [0, 0.05) is 12.1 Å². The molecule has 6 heteroatoms. The Kier molecular flexibility index (Phi) is 6.07. The maximum Gasteiger partial charge on any atom is 0.231 e. The second-order valence-corrected chi connectivity index (χ2v) is 6.44. The van der Waals surface area contributed by atoms with Crippen molar-refractivity contribution in [3.63, 3.8) is 0 Å². The summed E-state index contributed by atoms with van der Waals surface area (Å²) in [5, 5.41) is 12.0. The first-order chi connectivity index (χ1) is 12.8. The number of nitrogens with one attached hydrogen (secondary N) is 1. The van der Waals surface area contributed by atoms with Gasteiger partial charge in [0.05, 0.1) is 12.3 Å². The molecule has 0 saturated carbocycles. The molecule has 0 aliphatic rings. The Hall–Kier alpha value is -3.04. The van der Waals surface area contributed by atoms with Crippen molar-refractivity contribution in [2.75, 3.05) is 12.3 Å². The minimum Gasteiger partial charge on any atom is -0.344 e. The highest BCUT2D eigenvalue weighted by Gasteiger charge is 2.16. The maximum absolute atomic E-state index is 11.8. The van der Waals surface area contributed by atoms with Crippen LogP contribution in [0.15, 0.2) is 65.8 Å². The number of carbonyl (C=O) groups is 1. The van der Waals surface area contributed by atoms with Crippen LogP contribution in [0.2, 0.25) is 0 Å². The molecule has 1 heterocycles. The van der Waals surface area contributed by atoms with Crippen LogP contribution in [0.4, 0.5) is 0 Å². The second-order valence-electron chi connectivity index (χ2n) is 5.50. The van der Waals surface area contributed by atoms with Gasteiger partial charge in [0.25, 0.3) is 0 Å². The molecule has 130 valence electrons. The van der Waals surface area contributed by atoms with E-state index in [9.17, 15) is 4.79 Å². The Morgan fingerprint density at radius 1 is 1.08 bits per heavy atom. The molecule has 1 amide bonds. The lowest BCUT2D eigenvalue weighted by atomic mass is 10.1. The molecule has 0 aliphatic carbocycles. The third-order valence-electron chi connectivity index (χ3n) is 3.64. The molecule has 5 nitrogen and oxygen atoms in total. The number of terminal acetylenes is 1. The van der Waals surface area contributed by atoms with Crippen molar-refractivity contribution in [1.29, 1.82) is 0 Å². The van der Waals surface area contributed by atoms with Crippen LogP contribution in [-0.4, -0.2) is 33.0 Å². The van der Waals surface area contributed by atoms with E-state index in [0.717, 1.165) is 17.1 Å². The van der Waals surface area contributed by atoms with Crippen LogP contribution >= 0.6 is 11.8 Å². The molecular weight excluding hydrogens is 344 g/mol. The number of amides is 1. The second kappa shape index (κ2) is 8.88. The normalized spacial score (nSPS) is 10.3. The van der Waals surface area contributed by atoms with E-state index in [1.807, 2.05) is 53.1 Å². The molecule has 0 radical (unpaired) electrons. The molecule has 0 saturated heterocycles. The van der Waals surface area contributed by atoms with E-state index in [1.54, 1.807) is 0 Å². The molecule has 0 bridgehead atoms. The number of para-hydroxylation sites is 1. The van der Waals surface area contributed by atoms with Gasteiger partial charge in [-0.05, 0) is 17.7 Å². The zero-order chi connectivity index (χ0) is 18.2. The monoisotopic (exact) mass is 362 g/mol. The molecule has 0 unspecified atom stereocenters. The highest BCUT2D eigenvalue weighted by molar-refractivity contribution is 7.99. The number of hydrogen-bond acceptors (Lipinski definition) is 4. The molecule has 3 aromatic rings. The van der Waals surface area contributed by atoms with Crippen molar-refractivity contribution in [2.45, 2.75) is 11.6 Å². The Labute approximate surface area is 156 Å². The molecule has 26 heavy (non-hydrogen) atoms. The van der Waals surface area contributed by atoms with E-state index in [2.05, 4.69) is 33.6 Å². The van der Waals surface area contributed by atoms with Gasteiger partial charge in [0.1, 0.15) is 5.82 Å². The largest absolute Gasteiger partial charge is 0.344 e. The summed E-state index contributed by atoms with van der Waals surface area (Å²) in [7, 11) is 0. The molecule has 3 rings (SSSR count). The molecule has 0 fully saturated rings. The van der Waals surface area contributed by atoms with E-state index in [-0.39, 0.29) is 18.2 Å². The van der Waals surface area contributed by atoms with Crippen LogP contribution in [0.5, 0.6) is 0 Å². The molecule has 0 aliphatic heterocycles. The van der Waals surface area contributed by atoms with Crippen LogP contribution in [0.25, 0.3) is 5.69 Å². The van der Waals surface area contributed by atoms with Crippen molar-refractivity contribution < 1.29 is 4.79 Å². The standard InChI is InChI=1S/C20H18N4OS/c1-2-13-21-19(25)15-26-20-23-22-18(14-16-9-5-3-6-10-16)24(20)17-11-7-4-8-12-17/h1,3-12H,13-15H2,(H,21,25). The number of hydrogen-bond donors (Lipinski definition) is 1.